The first-order chi connectivity index (χ1) is 7.56. The third-order valence-corrected chi connectivity index (χ3v) is 2.69. The van der Waals surface area contributed by atoms with Crippen LogP contribution in [0.5, 0.6) is 0 Å². The monoisotopic (exact) mass is 222 g/mol. The molecule has 0 aliphatic rings. The highest BCUT2D eigenvalue weighted by atomic mass is 19.1. The number of hydrogen-bond acceptors (Lipinski definition) is 3. The van der Waals surface area contributed by atoms with E-state index >= 15 is 0 Å². The van der Waals surface area contributed by atoms with Gasteiger partial charge in [0.05, 0.1) is 17.8 Å². The summed E-state index contributed by atoms with van der Waals surface area (Å²) in [5, 5.41) is 21.1. The van der Waals surface area contributed by atoms with Crippen LogP contribution in [-0.4, -0.2) is 17.3 Å². The maximum absolute atomic E-state index is 13.3. The van der Waals surface area contributed by atoms with Crippen molar-refractivity contribution in [3.05, 3.63) is 29.6 Å². The Hall–Kier alpha value is -1.60. The Morgan fingerprint density at radius 3 is 2.75 bits per heavy atom. The van der Waals surface area contributed by atoms with Gasteiger partial charge in [-0.3, -0.25) is 0 Å². The molecule has 0 aliphatic carbocycles. The number of hydrogen-bond donors (Lipinski definition) is 2. The topological polar surface area (TPSA) is 56.0 Å². The van der Waals surface area contributed by atoms with E-state index < -0.39 is 11.4 Å². The van der Waals surface area contributed by atoms with Gasteiger partial charge in [0.15, 0.2) is 0 Å². The van der Waals surface area contributed by atoms with Gasteiger partial charge in [0, 0.05) is 0 Å². The molecule has 1 aromatic carbocycles. The first-order valence-electron chi connectivity index (χ1n) is 5.14. The molecule has 0 aliphatic heterocycles. The molecule has 1 aromatic rings. The van der Waals surface area contributed by atoms with E-state index in [1.807, 2.05) is 19.9 Å². The highest BCUT2D eigenvalue weighted by Crippen LogP contribution is 2.23. The number of benzene rings is 1. The van der Waals surface area contributed by atoms with Crippen molar-refractivity contribution in [3.8, 4) is 6.07 Å². The number of rotatable bonds is 4. The fourth-order valence-electron chi connectivity index (χ4n) is 1.31. The Labute approximate surface area is 94.5 Å². The molecule has 4 heteroatoms. The van der Waals surface area contributed by atoms with Crippen LogP contribution in [0.15, 0.2) is 18.2 Å². The number of halogens is 1. The third kappa shape index (κ3) is 2.50. The lowest BCUT2D eigenvalue weighted by atomic mass is 9.99. The van der Waals surface area contributed by atoms with Crippen molar-refractivity contribution in [3.63, 3.8) is 0 Å². The molecule has 16 heavy (non-hydrogen) atoms. The molecule has 1 atom stereocenters. The first kappa shape index (κ1) is 12.5. The number of nitrogens with one attached hydrogen (secondary N) is 1. The van der Waals surface area contributed by atoms with Crippen LogP contribution in [0.4, 0.5) is 10.1 Å². The average molecular weight is 222 g/mol. The molecule has 0 amide bonds. The summed E-state index contributed by atoms with van der Waals surface area (Å²) in [5.41, 5.74) is -0.143. The molecule has 2 N–H and O–H groups in total. The average Bonchev–Trinajstić information content (AvgIpc) is 2.29. The number of nitriles is 1. The molecule has 3 nitrogen and oxygen atoms in total. The van der Waals surface area contributed by atoms with Crippen LogP contribution in [0, 0.1) is 17.1 Å². The minimum absolute atomic E-state index is 0.0179. The standard InChI is InChI=1S/C12H15FN2O/c1-3-12(2,8-16)15-11-6-4-5-10(13)9(11)7-14/h4-6,15-16H,3,8H2,1-2H3. The van der Waals surface area contributed by atoms with Crippen LogP contribution < -0.4 is 5.32 Å². The number of aliphatic hydroxyl groups excluding tert-OH is 1. The zero-order valence-electron chi connectivity index (χ0n) is 9.42. The van der Waals surface area contributed by atoms with Crippen molar-refractivity contribution >= 4 is 5.69 Å². The summed E-state index contributed by atoms with van der Waals surface area (Å²) in [5.74, 6) is -0.552. The Balaban J connectivity index is 3.07. The van der Waals surface area contributed by atoms with Crippen molar-refractivity contribution in [1.82, 2.24) is 0 Å². The minimum atomic E-state index is -0.552. The molecule has 1 rings (SSSR count). The predicted octanol–water partition coefficient (Wildman–Crippen LogP) is 2.27. The first-order valence-corrected chi connectivity index (χ1v) is 5.14. The van der Waals surface area contributed by atoms with E-state index in [9.17, 15) is 9.50 Å². The van der Waals surface area contributed by atoms with Crippen LogP contribution in [0.2, 0.25) is 0 Å². The van der Waals surface area contributed by atoms with E-state index in [1.165, 1.54) is 12.1 Å². The van der Waals surface area contributed by atoms with Crippen LogP contribution in [-0.2, 0) is 0 Å². The van der Waals surface area contributed by atoms with Gasteiger partial charge in [0.25, 0.3) is 0 Å². The molecule has 1 unspecified atom stereocenters. The van der Waals surface area contributed by atoms with Gasteiger partial charge in [-0.05, 0) is 25.5 Å². The van der Waals surface area contributed by atoms with Crippen LogP contribution >= 0.6 is 0 Å². The third-order valence-electron chi connectivity index (χ3n) is 2.69. The maximum atomic E-state index is 13.3. The van der Waals surface area contributed by atoms with Crippen LogP contribution in [0.3, 0.4) is 0 Å². The van der Waals surface area contributed by atoms with Gasteiger partial charge in [0.1, 0.15) is 17.4 Å². The quantitative estimate of drug-likeness (QED) is 0.821. The van der Waals surface area contributed by atoms with Crippen LogP contribution in [0.25, 0.3) is 0 Å². The van der Waals surface area contributed by atoms with E-state index in [0.29, 0.717) is 12.1 Å². The molecule has 86 valence electrons. The Morgan fingerprint density at radius 1 is 1.56 bits per heavy atom. The fourth-order valence-corrected chi connectivity index (χ4v) is 1.31. The van der Waals surface area contributed by atoms with Crippen molar-refractivity contribution in [2.45, 2.75) is 25.8 Å². The van der Waals surface area contributed by atoms with Gasteiger partial charge in [-0.1, -0.05) is 13.0 Å². The summed E-state index contributed by atoms with van der Waals surface area (Å²) in [4.78, 5) is 0. The van der Waals surface area contributed by atoms with E-state index in [2.05, 4.69) is 5.32 Å². The van der Waals surface area contributed by atoms with Gasteiger partial charge in [0.2, 0.25) is 0 Å². The molecule has 0 saturated heterocycles. The van der Waals surface area contributed by atoms with Gasteiger partial charge < -0.3 is 10.4 Å². The summed E-state index contributed by atoms with van der Waals surface area (Å²) in [6.45, 7) is 3.65. The van der Waals surface area contributed by atoms with Crippen molar-refractivity contribution in [2.24, 2.45) is 0 Å². The van der Waals surface area contributed by atoms with E-state index in [0.717, 1.165) is 0 Å². The largest absolute Gasteiger partial charge is 0.394 e. The molecule has 0 spiro atoms. The molecule has 0 heterocycles. The van der Waals surface area contributed by atoms with Gasteiger partial charge in [-0.2, -0.15) is 5.26 Å². The normalized spacial score (nSPS) is 13.9. The van der Waals surface area contributed by atoms with Crippen molar-refractivity contribution < 1.29 is 9.50 Å². The minimum Gasteiger partial charge on any atom is -0.394 e. The molecule has 0 fully saturated rings. The lowest BCUT2D eigenvalue weighted by molar-refractivity contribution is 0.219. The summed E-state index contributed by atoms with van der Waals surface area (Å²) in [6, 6.07) is 6.22. The van der Waals surface area contributed by atoms with Crippen molar-refractivity contribution in [2.75, 3.05) is 11.9 Å². The van der Waals surface area contributed by atoms with Gasteiger partial charge in [-0.15, -0.1) is 0 Å². The van der Waals surface area contributed by atoms with E-state index in [4.69, 9.17) is 5.26 Å². The molecule has 0 saturated carbocycles. The number of anilines is 1. The number of aliphatic hydroxyl groups is 1. The Bertz CT molecular complexity index is 408. The summed E-state index contributed by atoms with van der Waals surface area (Å²) < 4.78 is 13.3. The maximum Gasteiger partial charge on any atom is 0.143 e. The molecular weight excluding hydrogens is 207 g/mol. The molecular formula is C12H15FN2O. The zero-order valence-corrected chi connectivity index (χ0v) is 9.42. The molecule has 0 bridgehead atoms. The second-order valence-electron chi connectivity index (χ2n) is 3.97. The fraction of sp³-hybridized carbons (Fsp3) is 0.417. The highest BCUT2D eigenvalue weighted by molar-refractivity contribution is 5.59. The lowest BCUT2D eigenvalue weighted by Crippen LogP contribution is -2.38. The summed E-state index contributed by atoms with van der Waals surface area (Å²) >= 11 is 0. The van der Waals surface area contributed by atoms with Crippen LogP contribution in [0.1, 0.15) is 25.8 Å². The SMILES string of the molecule is CCC(C)(CO)Nc1cccc(F)c1C#N. The van der Waals surface area contributed by atoms with E-state index in [-0.39, 0.29) is 12.2 Å². The summed E-state index contributed by atoms with van der Waals surface area (Å²) in [7, 11) is 0. The summed E-state index contributed by atoms with van der Waals surface area (Å²) in [6.07, 6.45) is 0.672. The van der Waals surface area contributed by atoms with Gasteiger partial charge >= 0.3 is 0 Å². The Kier molecular flexibility index (Phi) is 3.86. The predicted molar refractivity (Wildman–Crippen MR) is 60.5 cm³/mol. The van der Waals surface area contributed by atoms with Gasteiger partial charge in [-0.25, -0.2) is 4.39 Å². The van der Waals surface area contributed by atoms with E-state index in [1.54, 1.807) is 6.07 Å². The lowest BCUT2D eigenvalue weighted by Gasteiger charge is -2.29. The highest BCUT2D eigenvalue weighted by Gasteiger charge is 2.22. The Morgan fingerprint density at radius 2 is 2.25 bits per heavy atom. The second kappa shape index (κ2) is 4.95. The molecule has 0 aromatic heterocycles. The zero-order chi connectivity index (χ0) is 12.2. The van der Waals surface area contributed by atoms with Crippen molar-refractivity contribution in [1.29, 1.82) is 5.26 Å². The molecule has 0 radical (unpaired) electrons. The second-order valence-corrected chi connectivity index (χ2v) is 3.97. The smallest absolute Gasteiger partial charge is 0.143 e. The number of nitrogens with zero attached hydrogens (tertiary/aromatic N) is 1.